The number of aliphatic hydroxyl groups is 1. The summed E-state index contributed by atoms with van der Waals surface area (Å²) in [5.41, 5.74) is 3.86. The van der Waals surface area contributed by atoms with Gasteiger partial charge in [0.2, 0.25) is 0 Å². The monoisotopic (exact) mass is 231 g/mol. The van der Waals surface area contributed by atoms with Crippen molar-refractivity contribution in [2.45, 2.75) is 33.8 Å². The molecule has 4 heteroatoms. The van der Waals surface area contributed by atoms with Crippen LogP contribution in [0, 0.1) is 13.8 Å². The molecule has 0 aliphatic carbocycles. The molecule has 0 atom stereocenters. The Kier molecular flexibility index (Phi) is 3.24. The maximum absolute atomic E-state index is 9.25. The predicted molar refractivity (Wildman–Crippen MR) is 66.1 cm³/mol. The van der Waals surface area contributed by atoms with Crippen LogP contribution in [0.3, 0.4) is 0 Å². The highest BCUT2D eigenvalue weighted by molar-refractivity contribution is 5.32. The van der Waals surface area contributed by atoms with Gasteiger partial charge in [-0.15, -0.1) is 0 Å². The van der Waals surface area contributed by atoms with Gasteiger partial charge >= 0.3 is 0 Å². The van der Waals surface area contributed by atoms with E-state index >= 15 is 0 Å². The Hall–Kier alpha value is -1.68. The van der Waals surface area contributed by atoms with Crippen LogP contribution in [0.5, 0.6) is 0 Å². The molecule has 17 heavy (non-hydrogen) atoms. The number of nitrogens with zero attached hydrogens (tertiary/aromatic N) is 3. The SMILES string of the molecule is CCc1cc(CO)cc(-n2nc(C)cc2C)n1. The highest BCUT2D eigenvalue weighted by Crippen LogP contribution is 2.13. The standard InChI is InChI=1S/C13H17N3O/c1-4-12-6-11(8-17)7-13(14-12)16-10(3)5-9(2)15-16/h5-7,17H,4,8H2,1-3H3. The zero-order chi connectivity index (χ0) is 12.4. The minimum atomic E-state index is 0.0296. The number of aliphatic hydroxyl groups excluding tert-OH is 1. The molecule has 0 aromatic carbocycles. The van der Waals surface area contributed by atoms with Crippen LogP contribution < -0.4 is 0 Å². The second kappa shape index (κ2) is 4.67. The van der Waals surface area contributed by atoms with Gasteiger partial charge in [-0.05, 0) is 44.0 Å². The summed E-state index contributed by atoms with van der Waals surface area (Å²) in [6, 6.07) is 5.81. The van der Waals surface area contributed by atoms with E-state index in [1.165, 1.54) is 0 Å². The largest absolute Gasteiger partial charge is 0.392 e. The van der Waals surface area contributed by atoms with Gasteiger partial charge in [-0.3, -0.25) is 0 Å². The van der Waals surface area contributed by atoms with E-state index in [0.717, 1.165) is 34.9 Å². The maximum Gasteiger partial charge on any atom is 0.154 e. The summed E-state index contributed by atoms with van der Waals surface area (Å²) in [5.74, 6) is 0.777. The van der Waals surface area contributed by atoms with E-state index in [2.05, 4.69) is 17.0 Å². The van der Waals surface area contributed by atoms with Crippen LogP contribution in [-0.2, 0) is 13.0 Å². The Morgan fingerprint density at radius 2 is 2.00 bits per heavy atom. The molecule has 0 aliphatic rings. The molecular formula is C13H17N3O. The molecule has 0 amide bonds. The van der Waals surface area contributed by atoms with E-state index in [4.69, 9.17) is 0 Å². The molecule has 2 aromatic rings. The Balaban J connectivity index is 2.54. The first-order valence-electron chi connectivity index (χ1n) is 5.78. The molecule has 4 nitrogen and oxygen atoms in total. The van der Waals surface area contributed by atoms with Gasteiger partial charge in [0, 0.05) is 11.4 Å². The smallest absolute Gasteiger partial charge is 0.154 e. The van der Waals surface area contributed by atoms with Gasteiger partial charge in [0.05, 0.1) is 12.3 Å². The first-order chi connectivity index (χ1) is 8.13. The van der Waals surface area contributed by atoms with Gasteiger partial charge in [0.1, 0.15) is 0 Å². The second-order valence-corrected chi connectivity index (χ2v) is 4.18. The molecule has 0 bridgehead atoms. The maximum atomic E-state index is 9.25. The molecule has 0 radical (unpaired) electrons. The average molecular weight is 231 g/mol. The number of hydrogen-bond acceptors (Lipinski definition) is 3. The fourth-order valence-electron chi connectivity index (χ4n) is 1.87. The van der Waals surface area contributed by atoms with Crippen molar-refractivity contribution in [1.29, 1.82) is 0 Å². The average Bonchev–Trinajstić information content (AvgIpc) is 2.67. The van der Waals surface area contributed by atoms with Gasteiger partial charge in [0.15, 0.2) is 5.82 Å². The first-order valence-corrected chi connectivity index (χ1v) is 5.78. The Bertz CT molecular complexity index is 509. The molecule has 90 valence electrons. The lowest BCUT2D eigenvalue weighted by molar-refractivity contribution is 0.281. The molecule has 0 saturated carbocycles. The Morgan fingerprint density at radius 1 is 1.24 bits per heavy atom. The van der Waals surface area contributed by atoms with Crippen molar-refractivity contribution in [2.24, 2.45) is 0 Å². The van der Waals surface area contributed by atoms with Gasteiger partial charge in [-0.2, -0.15) is 5.10 Å². The minimum absolute atomic E-state index is 0.0296. The van der Waals surface area contributed by atoms with Gasteiger partial charge in [-0.25, -0.2) is 9.67 Å². The molecule has 2 rings (SSSR count). The highest BCUT2D eigenvalue weighted by Gasteiger charge is 2.07. The fraction of sp³-hybridized carbons (Fsp3) is 0.385. The van der Waals surface area contributed by atoms with Crippen molar-refractivity contribution in [3.8, 4) is 5.82 Å². The lowest BCUT2D eigenvalue weighted by atomic mass is 10.2. The van der Waals surface area contributed by atoms with Crippen LogP contribution >= 0.6 is 0 Å². The summed E-state index contributed by atoms with van der Waals surface area (Å²) >= 11 is 0. The molecule has 0 spiro atoms. The molecule has 1 N–H and O–H groups in total. The number of aromatic nitrogens is 3. The van der Waals surface area contributed by atoms with E-state index in [9.17, 15) is 5.11 Å². The molecular weight excluding hydrogens is 214 g/mol. The molecule has 0 saturated heterocycles. The van der Waals surface area contributed by atoms with Crippen LogP contribution in [-0.4, -0.2) is 19.9 Å². The summed E-state index contributed by atoms with van der Waals surface area (Å²) in [5, 5.41) is 13.6. The van der Waals surface area contributed by atoms with Crippen LogP contribution in [0.25, 0.3) is 5.82 Å². The van der Waals surface area contributed by atoms with Crippen molar-refractivity contribution in [3.63, 3.8) is 0 Å². The number of rotatable bonds is 3. The van der Waals surface area contributed by atoms with Crippen molar-refractivity contribution in [3.05, 3.63) is 40.8 Å². The lowest BCUT2D eigenvalue weighted by Gasteiger charge is -2.08. The zero-order valence-corrected chi connectivity index (χ0v) is 10.4. The first kappa shape index (κ1) is 11.8. The normalized spacial score (nSPS) is 10.8. The van der Waals surface area contributed by atoms with Gasteiger partial charge < -0.3 is 5.11 Å². The van der Waals surface area contributed by atoms with E-state index in [1.54, 1.807) is 0 Å². The predicted octanol–water partition coefficient (Wildman–Crippen LogP) is 1.94. The van der Waals surface area contributed by atoms with Gasteiger partial charge in [-0.1, -0.05) is 6.92 Å². The van der Waals surface area contributed by atoms with E-state index in [-0.39, 0.29) is 6.61 Å². The van der Waals surface area contributed by atoms with Crippen molar-refractivity contribution in [2.75, 3.05) is 0 Å². The minimum Gasteiger partial charge on any atom is -0.392 e. The summed E-state index contributed by atoms with van der Waals surface area (Å²) in [4.78, 5) is 4.53. The summed E-state index contributed by atoms with van der Waals surface area (Å²) < 4.78 is 1.81. The molecule has 2 heterocycles. The van der Waals surface area contributed by atoms with Gasteiger partial charge in [0.25, 0.3) is 0 Å². The topological polar surface area (TPSA) is 50.9 Å². The molecule has 0 fully saturated rings. The van der Waals surface area contributed by atoms with Crippen LogP contribution in [0.4, 0.5) is 0 Å². The summed E-state index contributed by atoms with van der Waals surface area (Å²) in [6.07, 6.45) is 0.847. The molecule has 0 unspecified atom stereocenters. The molecule has 2 aromatic heterocycles. The third kappa shape index (κ3) is 2.36. The Labute approximate surface area is 101 Å². The zero-order valence-electron chi connectivity index (χ0n) is 10.4. The summed E-state index contributed by atoms with van der Waals surface area (Å²) in [6.45, 7) is 6.04. The van der Waals surface area contributed by atoms with Crippen molar-refractivity contribution in [1.82, 2.24) is 14.8 Å². The quantitative estimate of drug-likeness (QED) is 0.878. The third-order valence-electron chi connectivity index (χ3n) is 2.70. The van der Waals surface area contributed by atoms with E-state index in [1.807, 2.05) is 36.7 Å². The van der Waals surface area contributed by atoms with Crippen molar-refractivity contribution < 1.29 is 5.11 Å². The fourth-order valence-corrected chi connectivity index (χ4v) is 1.87. The summed E-state index contributed by atoms with van der Waals surface area (Å²) in [7, 11) is 0. The van der Waals surface area contributed by atoms with E-state index < -0.39 is 0 Å². The number of aryl methyl sites for hydroxylation is 3. The molecule has 0 aliphatic heterocycles. The number of hydrogen-bond donors (Lipinski definition) is 1. The van der Waals surface area contributed by atoms with Crippen LogP contribution in [0.1, 0.15) is 29.6 Å². The second-order valence-electron chi connectivity index (χ2n) is 4.18. The highest BCUT2D eigenvalue weighted by atomic mass is 16.3. The van der Waals surface area contributed by atoms with E-state index in [0.29, 0.717) is 0 Å². The lowest BCUT2D eigenvalue weighted by Crippen LogP contribution is -2.05. The third-order valence-corrected chi connectivity index (χ3v) is 2.70. The Morgan fingerprint density at radius 3 is 2.53 bits per heavy atom. The van der Waals surface area contributed by atoms with Crippen LogP contribution in [0.15, 0.2) is 18.2 Å². The van der Waals surface area contributed by atoms with Crippen LogP contribution in [0.2, 0.25) is 0 Å². The van der Waals surface area contributed by atoms with Crippen molar-refractivity contribution >= 4 is 0 Å². The number of pyridine rings is 1.